The van der Waals surface area contributed by atoms with Gasteiger partial charge in [-0.15, -0.1) is 25.5 Å². The number of nitrogens with zero attached hydrogens (tertiary/aromatic N) is 8. The first-order valence-corrected chi connectivity index (χ1v) is 9.99. The van der Waals surface area contributed by atoms with Crippen molar-refractivity contribution >= 4 is 23.2 Å². The van der Waals surface area contributed by atoms with E-state index < -0.39 is 0 Å². The third-order valence-electron chi connectivity index (χ3n) is 5.09. The molecule has 0 spiro atoms. The molecule has 30 heavy (non-hydrogen) atoms. The smallest absolute Gasteiger partial charge is 0.271 e. The molecule has 0 aliphatic carbocycles. The lowest BCUT2D eigenvalue weighted by Gasteiger charge is -2.40. The number of aromatic nitrogens is 6. The van der Waals surface area contributed by atoms with Gasteiger partial charge in [0.25, 0.3) is 5.91 Å². The van der Waals surface area contributed by atoms with Crippen LogP contribution >= 0.6 is 0 Å². The van der Waals surface area contributed by atoms with Gasteiger partial charge in [0.2, 0.25) is 0 Å². The highest BCUT2D eigenvalue weighted by Gasteiger charge is 2.29. The molecule has 1 aliphatic heterocycles. The fourth-order valence-electron chi connectivity index (χ4n) is 3.31. The molecule has 3 aromatic heterocycles. The van der Waals surface area contributed by atoms with Gasteiger partial charge in [-0.25, -0.2) is 0 Å². The Kier molecular flexibility index (Phi) is 5.00. The highest BCUT2D eigenvalue weighted by Crippen LogP contribution is 2.25. The summed E-state index contributed by atoms with van der Waals surface area (Å²) in [6, 6.07) is 7.38. The molecule has 158 valence electrons. The summed E-state index contributed by atoms with van der Waals surface area (Å²) in [5.74, 6) is 2.60. The van der Waals surface area contributed by atoms with Gasteiger partial charge in [-0.2, -0.15) is 4.52 Å². The molecule has 1 N–H and O–H groups in total. The van der Waals surface area contributed by atoms with Crippen molar-refractivity contribution in [2.24, 2.45) is 5.92 Å². The minimum absolute atomic E-state index is 0.138. The van der Waals surface area contributed by atoms with Crippen LogP contribution < -0.4 is 15.1 Å². The molecular formula is C20H27N9O. The summed E-state index contributed by atoms with van der Waals surface area (Å²) in [5.41, 5.74) is 0.932. The molecule has 0 aromatic carbocycles. The van der Waals surface area contributed by atoms with Crippen LogP contribution in [-0.2, 0) is 5.41 Å². The van der Waals surface area contributed by atoms with Crippen molar-refractivity contribution < 1.29 is 4.79 Å². The average Bonchev–Trinajstić information content (AvgIpc) is 3.10. The second-order valence-corrected chi connectivity index (χ2v) is 8.89. The first kappa shape index (κ1) is 20.0. The maximum absolute atomic E-state index is 12.3. The van der Waals surface area contributed by atoms with E-state index in [9.17, 15) is 4.79 Å². The normalized spacial score (nSPS) is 14.6. The lowest BCUT2D eigenvalue weighted by molar-refractivity contribution is 0.0938. The van der Waals surface area contributed by atoms with Crippen LogP contribution in [0.1, 0.15) is 37.1 Å². The van der Waals surface area contributed by atoms with E-state index in [2.05, 4.69) is 51.4 Å². The largest absolute Gasteiger partial charge is 0.361 e. The molecule has 0 saturated carbocycles. The van der Waals surface area contributed by atoms with Crippen LogP contribution in [0.3, 0.4) is 0 Å². The van der Waals surface area contributed by atoms with Gasteiger partial charge in [0, 0.05) is 45.1 Å². The van der Waals surface area contributed by atoms with Crippen LogP contribution in [-0.4, -0.2) is 69.6 Å². The number of carbonyl (C=O) groups is 1. The Labute approximate surface area is 175 Å². The van der Waals surface area contributed by atoms with Crippen LogP contribution in [0.4, 0.5) is 11.6 Å². The first-order chi connectivity index (χ1) is 14.2. The van der Waals surface area contributed by atoms with Gasteiger partial charge in [0.15, 0.2) is 23.0 Å². The molecule has 10 nitrogen and oxygen atoms in total. The summed E-state index contributed by atoms with van der Waals surface area (Å²) in [5, 5.41) is 24.2. The van der Waals surface area contributed by atoms with Gasteiger partial charge in [-0.05, 0) is 24.3 Å². The van der Waals surface area contributed by atoms with Gasteiger partial charge in [-0.1, -0.05) is 20.8 Å². The maximum atomic E-state index is 12.3. The van der Waals surface area contributed by atoms with Gasteiger partial charge >= 0.3 is 0 Å². The molecule has 4 heterocycles. The van der Waals surface area contributed by atoms with Crippen LogP contribution in [0.2, 0.25) is 0 Å². The van der Waals surface area contributed by atoms with Crippen molar-refractivity contribution in [3.05, 3.63) is 35.8 Å². The fraction of sp³-hybridized carbons (Fsp3) is 0.500. The zero-order valence-corrected chi connectivity index (χ0v) is 18.0. The minimum Gasteiger partial charge on any atom is -0.361 e. The Hall–Kier alpha value is -3.30. The standard InChI is InChI=1S/C20H27N9O/c1-20(2,3)19-25-24-16-8-9-17(26-29(16)19)28-11-13(12-28)10-21-18(30)14-6-7-15(23-22-14)27(4)5/h6-9,13H,10-12H2,1-5H3,(H,21,30). The predicted molar refractivity (Wildman–Crippen MR) is 114 cm³/mol. The van der Waals surface area contributed by atoms with Crippen LogP contribution in [0.5, 0.6) is 0 Å². The summed E-state index contributed by atoms with van der Waals surface area (Å²) in [4.78, 5) is 16.3. The summed E-state index contributed by atoms with van der Waals surface area (Å²) < 4.78 is 1.82. The fourth-order valence-corrected chi connectivity index (χ4v) is 3.31. The van der Waals surface area contributed by atoms with E-state index in [1.807, 2.05) is 35.6 Å². The van der Waals surface area contributed by atoms with Crippen LogP contribution in [0.25, 0.3) is 5.65 Å². The van der Waals surface area contributed by atoms with Crippen molar-refractivity contribution in [2.45, 2.75) is 26.2 Å². The van der Waals surface area contributed by atoms with Gasteiger partial charge in [0.1, 0.15) is 5.82 Å². The van der Waals surface area contributed by atoms with Crippen LogP contribution in [0, 0.1) is 5.92 Å². The summed E-state index contributed by atoms with van der Waals surface area (Å²) in [7, 11) is 3.76. The van der Waals surface area contributed by atoms with E-state index in [-0.39, 0.29) is 11.3 Å². The van der Waals surface area contributed by atoms with Crippen molar-refractivity contribution in [3.63, 3.8) is 0 Å². The molecule has 1 saturated heterocycles. The molecule has 0 bridgehead atoms. The number of amides is 1. The second-order valence-electron chi connectivity index (χ2n) is 8.89. The first-order valence-electron chi connectivity index (χ1n) is 9.99. The van der Waals surface area contributed by atoms with Crippen LogP contribution in [0.15, 0.2) is 24.3 Å². The maximum Gasteiger partial charge on any atom is 0.271 e. The molecule has 4 rings (SSSR count). The molecule has 1 fully saturated rings. The van der Waals surface area contributed by atoms with E-state index in [4.69, 9.17) is 5.10 Å². The topological polar surface area (TPSA) is 104 Å². The molecule has 3 aromatic rings. The number of rotatable bonds is 5. The molecule has 1 aliphatic rings. The number of carbonyl (C=O) groups excluding carboxylic acids is 1. The highest BCUT2D eigenvalue weighted by molar-refractivity contribution is 5.92. The van der Waals surface area contributed by atoms with Crippen molar-refractivity contribution in [3.8, 4) is 0 Å². The highest BCUT2D eigenvalue weighted by atomic mass is 16.1. The van der Waals surface area contributed by atoms with Gasteiger partial charge in [0.05, 0.1) is 0 Å². The number of anilines is 2. The summed E-state index contributed by atoms with van der Waals surface area (Å²) in [6.07, 6.45) is 0. The Morgan fingerprint density at radius 1 is 1.10 bits per heavy atom. The Balaban J connectivity index is 1.33. The zero-order chi connectivity index (χ0) is 21.5. The Morgan fingerprint density at radius 3 is 2.50 bits per heavy atom. The lowest BCUT2D eigenvalue weighted by atomic mass is 9.96. The average molecular weight is 409 g/mol. The van der Waals surface area contributed by atoms with Gasteiger partial charge in [-0.3, -0.25) is 4.79 Å². The van der Waals surface area contributed by atoms with E-state index in [0.29, 0.717) is 24.0 Å². The van der Waals surface area contributed by atoms with Gasteiger partial charge < -0.3 is 15.1 Å². The quantitative estimate of drug-likeness (QED) is 0.669. The number of hydrogen-bond acceptors (Lipinski definition) is 8. The van der Waals surface area contributed by atoms with E-state index in [0.717, 1.165) is 30.4 Å². The third kappa shape index (κ3) is 3.89. The molecular weight excluding hydrogens is 382 g/mol. The summed E-state index contributed by atoms with van der Waals surface area (Å²) in [6.45, 7) is 8.54. The van der Waals surface area contributed by atoms with E-state index in [1.54, 1.807) is 12.1 Å². The molecule has 1 amide bonds. The predicted octanol–water partition coefficient (Wildman–Crippen LogP) is 1.14. The summed E-state index contributed by atoms with van der Waals surface area (Å²) >= 11 is 0. The van der Waals surface area contributed by atoms with E-state index in [1.165, 1.54) is 0 Å². The Morgan fingerprint density at radius 2 is 1.87 bits per heavy atom. The third-order valence-corrected chi connectivity index (χ3v) is 5.09. The Bertz CT molecular complexity index is 1050. The SMILES string of the molecule is CN(C)c1ccc(C(=O)NCC2CN(c3ccc4nnc(C(C)(C)C)n4n3)C2)nn1. The molecule has 10 heteroatoms. The number of fused-ring (bicyclic) bond motifs is 1. The van der Waals surface area contributed by atoms with Crippen molar-refractivity contribution in [1.82, 2.24) is 35.3 Å². The monoisotopic (exact) mass is 409 g/mol. The minimum atomic E-state index is -0.204. The molecule has 0 unspecified atom stereocenters. The molecule has 0 atom stereocenters. The van der Waals surface area contributed by atoms with Crippen molar-refractivity contribution in [1.29, 1.82) is 0 Å². The molecule has 0 radical (unpaired) electrons. The number of nitrogens with one attached hydrogen (secondary N) is 1. The zero-order valence-electron chi connectivity index (χ0n) is 18.0. The van der Waals surface area contributed by atoms with Crippen molar-refractivity contribution in [2.75, 3.05) is 43.5 Å². The number of hydrogen-bond donors (Lipinski definition) is 1. The lowest BCUT2D eigenvalue weighted by Crippen LogP contribution is -2.52. The van der Waals surface area contributed by atoms with E-state index >= 15 is 0 Å². The second kappa shape index (κ2) is 7.51.